The van der Waals surface area contributed by atoms with Crippen molar-refractivity contribution in [1.29, 1.82) is 5.53 Å². The highest BCUT2D eigenvalue weighted by molar-refractivity contribution is 6.10. The van der Waals surface area contributed by atoms with Crippen LogP contribution in [0.5, 0.6) is 0 Å². The van der Waals surface area contributed by atoms with Gasteiger partial charge in [0.05, 0.1) is 17.8 Å². The predicted molar refractivity (Wildman–Crippen MR) is 135 cm³/mol. The van der Waals surface area contributed by atoms with Crippen LogP contribution in [0.3, 0.4) is 0 Å². The van der Waals surface area contributed by atoms with Crippen LogP contribution in [0.15, 0.2) is 35.7 Å². The van der Waals surface area contributed by atoms with E-state index in [-0.39, 0.29) is 24.5 Å². The molecule has 1 N–H and O–H groups in total. The third-order valence-corrected chi connectivity index (χ3v) is 6.62. The maximum absolute atomic E-state index is 13.6. The van der Waals surface area contributed by atoms with Gasteiger partial charge in [0.1, 0.15) is 30.2 Å². The highest BCUT2D eigenvalue weighted by Crippen LogP contribution is 2.33. The van der Waals surface area contributed by atoms with E-state index < -0.39 is 0 Å². The average molecular weight is 476 g/mol. The third-order valence-electron chi connectivity index (χ3n) is 6.62. The quantitative estimate of drug-likeness (QED) is 0.412. The Morgan fingerprint density at radius 3 is 2.60 bits per heavy atom. The molecule has 10 nitrogen and oxygen atoms in total. The van der Waals surface area contributed by atoms with Gasteiger partial charge in [-0.1, -0.05) is 19.9 Å². The molecule has 4 rings (SSSR count). The van der Waals surface area contributed by atoms with Crippen molar-refractivity contribution in [3.63, 3.8) is 0 Å². The molecule has 0 aromatic carbocycles. The Morgan fingerprint density at radius 2 is 1.94 bits per heavy atom. The van der Waals surface area contributed by atoms with Crippen LogP contribution in [0.25, 0.3) is 11.5 Å². The number of rotatable bonds is 10. The van der Waals surface area contributed by atoms with E-state index in [0.717, 1.165) is 30.8 Å². The highest BCUT2D eigenvalue weighted by Gasteiger charge is 2.33. The van der Waals surface area contributed by atoms with E-state index in [1.54, 1.807) is 11.2 Å². The molecule has 4 heterocycles. The molecule has 0 aliphatic carbocycles. The van der Waals surface area contributed by atoms with Gasteiger partial charge in [0.15, 0.2) is 5.82 Å². The normalized spacial score (nSPS) is 13.1. The molecule has 0 unspecified atom stereocenters. The summed E-state index contributed by atoms with van der Waals surface area (Å²) in [5.74, 6) is 1.85. The lowest BCUT2D eigenvalue weighted by molar-refractivity contribution is 0.0996. The molecule has 0 spiro atoms. The summed E-state index contributed by atoms with van der Waals surface area (Å²) in [6.45, 7) is 11.8. The van der Waals surface area contributed by atoms with Gasteiger partial charge < -0.3 is 9.47 Å². The van der Waals surface area contributed by atoms with Gasteiger partial charge in [-0.25, -0.2) is 15.5 Å². The zero-order valence-electron chi connectivity index (χ0n) is 21.1. The Bertz CT molecular complexity index is 1220. The molecular weight excluding hydrogens is 442 g/mol. The second-order valence-electron chi connectivity index (χ2n) is 8.95. The number of hydrogen-bond donors (Lipinski definition) is 1. The summed E-state index contributed by atoms with van der Waals surface area (Å²) in [7, 11) is 0. The summed E-state index contributed by atoms with van der Waals surface area (Å²) < 4.78 is 2.06. The van der Waals surface area contributed by atoms with Crippen molar-refractivity contribution in [1.82, 2.24) is 24.7 Å². The zero-order chi connectivity index (χ0) is 25.1. The van der Waals surface area contributed by atoms with E-state index in [9.17, 15) is 4.79 Å². The largest absolute Gasteiger partial charge is 0.354 e. The molecule has 35 heavy (non-hydrogen) atoms. The highest BCUT2D eigenvalue weighted by atomic mass is 16.2. The number of aromatic nitrogens is 5. The van der Waals surface area contributed by atoms with Crippen molar-refractivity contribution in [3.8, 4) is 11.5 Å². The zero-order valence-corrected chi connectivity index (χ0v) is 21.1. The molecule has 0 fully saturated rings. The van der Waals surface area contributed by atoms with Gasteiger partial charge in [-0.15, -0.1) is 10.2 Å². The van der Waals surface area contributed by atoms with Crippen molar-refractivity contribution in [2.75, 3.05) is 16.3 Å². The number of nitrogens with zero attached hydrogens (tertiary/aromatic N) is 8. The molecule has 0 saturated heterocycles. The molecular formula is C25H33N9O. The Hall–Kier alpha value is -3.69. The molecule has 1 aliphatic rings. The van der Waals surface area contributed by atoms with Crippen molar-refractivity contribution in [2.45, 2.75) is 72.6 Å². The first kappa shape index (κ1) is 24.4. The van der Waals surface area contributed by atoms with E-state index in [1.165, 1.54) is 0 Å². The molecule has 184 valence electrons. The first-order chi connectivity index (χ1) is 16.9. The molecule has 3 aromatic rings. The number of fused-ring (bicyclic) bond motifs is 1. The summed E-state index contributed by atoms with van der Waals surface area (Å²) in [5, 5.41) is 12.0. The van der Waals surface area contributed by atoms with E-state index in [0.29, 0.717) is 35.1 Å². The monoisotopic (exact) mass is 475 g/mol. The number of anilines is 2. The summed E-state index contributed by atoms with van der Waals surface area (Å²) in [4.78, 5) is 27.0. The van der Waals surface area contributed by atoms with Gasteiger partial charge in [0.2, 0.25) is 0 Å². The van der Waals surface area contributed by atoms with E-state index in [1.807, 2.05) is 24.3 Å². The van der Waals surface area contributed by atoms with Crippen molar-refractivity contribution < 1.29 is 4.79 Å². The van der Waals surface area contributed by atoms with E-state index in [2.05, 4.69) is 59.4 Å². The fourth-order valence-electron chi connectivity index (χ4n) is 4.76. The van der Waals surface area contributed by atoms with Crippen LogP contribution in [0.2, 0.25) is 0 Å². The summed E-state index contributed by atoms with van der Waals surface area (Å²) >= 11 is 0. The fourth-order valence-corrected chi connectivity index (χ4v) is 4.76. The van der Waals surface area contributed by atoms with Gasteiger partial charge >= 0.3 is 0 Å². The number of carbonyl (C=O) groups excluding carboxylic acids is 1. The lowest BCUT2D eigenvalue weighted by Gasteiger charge is -2.27. The molecule has 10 heteroatoms. The third kappa shape index (κ3) is 4.52. The smallest absolute Gasteiger partial charge is 0.260 e. The van der Waals surface area contributed by atoms with Crippen LogP contribution in [0.1, 0.15) is 75.1 Å². The Balaban J connectivity index is 1.72. The second kappa shape index (κ2) is 10.3. The topological polar surface area (TPSA) is 116 Å². The fraction of sp³-hybridized carbons (Fsp3) is 0.480. The van der Waals surface area contributed by atoms with Crippen LogP contribution in [-0.4, -0.2) is 43.2 Å². The summed E-state index contributed by atoms with van der Waals surface area (Å²) in [5.41, 5.74) is 10.2. The van der Waals surface area contributed by atoms with E-state index >= 15 is 0 Å². The molecule has 0 saturated carbocycles. The standard InChI is InChI=1S/C25H33N9O/c1-6-17(7-2)34-15-28-31-24(34)20-10-9-11-22(29-20)33-14-19-18(25(33)35)12-23(30-21(19)13-27-26)32(8-3)16(4)5/h9-12,15-17,26H,6-8,13-14H2,1-5H3. The van der Waals surface area contributed by atoms with E-state index in [4.69, 9.17) is 15.5 Å². The SMILES string of the molecule is CCC(CC)n1cnnc1-c1cccc(N2Cc3c(cc(N(CC)C(C)C)nc3CN=N)C2=O)n1. The summed E-state index contributed by atoms with van der Waals surface area (Å²) in [6, 6.07) is 7.99. The number of nitrogens with one attached hydrogen (secondary N) is 1. The molecule has 1 amide bonds. The number of carbonyl (C=O) groups is 1. The predicted octanol–water partition coefficient (Wildman–Crippen LogP) is 5.02. The minimum absolute atomic E-state index is 0.124. The first-order valence-electron chi connectivity index (χ1n) is 12.2. The van der Waals surface area contributed by atoms with Gasteiger partial charge in [-0.2, -0.15) is 5.11 Å². The van der Waals surface area contributed by atoms with Crippen LogP contribution < -0.4 is 9.80 Å². The van der Waals surface area contributed by atoms with Crippen LogP contribution in [-0.2, 0) is 13.1 Å². The molecule has 0 atom stereocenters. The number of pyridine rings is 2. The van der Waals surface area contributed by atoms with Gasteiger partial charge in [-0.3, -0.25) is 9.69 Å². The minimum Gasteiger partial charge on any atom is -0.354 e. The molecule has 0 radical (unpaired) electrons. The Labute approximate surface area is 205 Å². The van der Waals surface area contributed by atoms with Crippen molar-refractivity contribution >= 4 is 17.5 Å². The molecule has 1 aliphatic heterocycles. The maximum Gasteiger partial charge on any atom is 0.260 e. The molecule has 0 bridgehead atoms. The number of hydrogen-bond acceptors (Lipinski definition) is 8. The van der Waals surface area contributed by atoms with Crippen LogP contribution in [0, 0.1) is 5.53 Å². The van der Waals surface area contributed by atoms with Crippen molar-refractivity contribution in [2.24, 2.45) is 5.11 Å². The Kier molecular flexibility index (Phi) is 7.18. The van der Waals surface area contributed by atoms with Crippen molar-refractivity contribution in [3.05, 3.63) is 47.4 Å². The number of amides is 1. The van der Waals surface area contributed by atoms with Gasteiger partial charge in [-0.05, 0) is 51.8 Å². The first-order valence-corrected chi connectivity index (χ1v) is 12.2. The minimum atomic E-state index is -0.124. The maximum atomic E-state index is 13.6. The average Bonchev–Trinajstić information content (AvgIpc) is 3.46. The lowest BCUT2D eigenvalue weighted by atomic mass is 10.1. The second-order valence-corrected chi connectivity index (χ2v) is 8.95. The molecule has 3 aromatic heterocycles. The summed E-state index contributed by atoms with van der Waals surface area (Å²) in [6.07, 6.45) is 3.67. The van der Waals surface area contributed by atoms with Gasteiger partial charge in [0, 0.05) is 24.2 Å². The van der Waals surface area contributed by atoms with Crippen LogP contribution in [0.4, 0.5) is 11.6 Å². The Morgan fingerprint density at radius 1 is 1.17 bits per heavy atom. The van der Waals surface area contributed by atoms with Gasteiger partial charge in [0.25, 0.3) is 5.91 Å². The lowest BCUT2D eigenvalue weighted by Crippen LogP contribution is -2.31. The van der Waals surface area contributed by atoms with Crippen LogP contribution >= 0.6 is 0 Å².